The monoisotopic (exact) mass is 343 g/mol. The number of aryl methyl sites for hydroxylation is 1. The van der Waals surface area contributed by atoms with Crippen LogP contribution in [0.5, 0.6) is 0 Å². The summed E-state index contributed by atoms with van der Waals surface area (Å²) in [7, 11) is 0. The molecule has 0 aliphatic rings. The second-order valence-electron chi connectivity index (χ2n) is 5.11. The second kappa shape index (κ2) is 5.37. The van der Waals surface area contributed by atoms with Crippen molar-refractivity contribution < 1.29 is 9.90 Å². The first-order valence-electron chi connectivity index (χ1n) is 6.63. The molecule has 4 heteroatoms. The van der Waals surface area contributed by atoms with Crippen LogP contribution in [0, 0.1) is 6.92 Å². The van der Waals surface area contributed by atoms with Crippen molar-refractivity contribution in [1.82, 2.24) is 4.98 Å². The van der Waals surface area contributed by atoms with E-state index in [0.29, 0.717) is 0 Å². The Balaban J connectivity index is 2.28. The molecule has 1 heterocycles. The van der Waals surface area contributed by atoms with E-state index >= 15 is 0 Å². The van der Waals surface area contributed by atoms with Gasteiger partial charge in [-0.2, -0.15) is 0 Å². The zero-order valence-electron chi connectivity index (χ0n) is 11.5. The molecule has 0 amide bonds. The maximum absolute atomic E-state index is 11.2. The Labute approximate surface area is 130 Å². The number of aliphatic carboxylic acids is 1. The Morgan fingerprint density at radius 3 is 2.76 bits per heavy atom. The molecular formula is C17H14BrNO2. The number of fused-ring (bicyclic) bond motifs is 1. The maximum Gasteiger partial charge on any atom is 0.307 e. The van der Waals surface area contributed by atoms with Gasteiger partial charge < -0.3 is 10.1 Å². The van der Waals surface area contributed by atoms with Crippen molar-refractivity contribution in [3.63, 3.8) is 0 Å². The standard InChI is InChI=1S/C17H14BrNO2/c1-10-5-6-15-13(7-10)14(9-16(20)21)17(19-15)11-3-2-4-12(18)8-11/h2-8,19H,9H2,1H3,(H,20,21). The van der Waals surface area contributed by atoms with E-state index in [2.05, 4.69) is 20.9 Å². The van der Waals surface area contributed by atoms with Gasteiger partial charge in [-0.05, 0) is 42.3 Å². The summed E-state index contributed by atoms with van der Waals surface area (Å²) in [5, 5.41) is 10.2. The lowest BCUT2D eigenvalue weighted by Crippen LogP contribution is -2.01. The number of aromatic amines is 1. The first kappa shape index (κ1) is 13.9. The first-order chi connectivity index (χ1) is 10.0. The fraction of sp³-hybridized carbons (Fsp3) is 0.118. The highest BCUT2D eigenvalue weighted by Gasteiger charge is 2.16. The third-order valence-corrected chi connectivity index (χ3v) is 4.00. The van der Waals surface area contributed by atoms with Crippen molar-refractivity contribution >= 4 is 32.8 Å². The first-order valence-corrected chi connectivity index (χ1v) is 7.43. The number of hydrogen-bond donors (Lipinski definition) is 2. The molecule has 3 nitrogen and oxygen atoms in total. The van der Waals surface area contributed by atoms with Gasteiger partial charge in [-0.1, -0.05) is 39.7 Å². The normalized spacial score (nSPS) is 11.0. The van der Waals surface area contributed by atoms with Crippen molar-refractivity contribution in [2.24, 2.45) is 0 Å². The summed E-state index contributed by atoms with van der Waals surface area (Å²) < 4.78 is 0.969. The number of aromatic nitrogens is 1. The summed E-state index contributed by atoms with van der Waals surface area (Å²) in [6, 6.07) is 13.9. The van der Waals surface area contributed by atoms with Crippen molar-refractivity contribution in [2.45, 2.75) is 13.3 Å². The predicted octanol–water partition coefficient (Wildman–Crippen LogP) is 4.53. The number of rotatable bonds is 3. The molecule has 106 valence electrons. The van der Waals surface area contributed by atoms with Gasteiger partial charge in [-0.3, -0.25) is 4.79 Å². The molecule has 0 bridgehead atoms. The average Bonchev–Trinajstić information content (AvgIpc) is 2.76. The van der Waals surface area contributed by atoms with Crippen LogP contribution in [-0.2, 0) is 11.2 Å². The molecule has 0 aliphatic carbocycles. The average molecular weight is 344 g/mol. The van der Waals surface area contributed by atoms with Crippen LogP contribution in [0.4, 0.5) is 0 Å². The number of carboxylic acids is 1. The SMILES string of the molecule is Cc1ccc2[nH]c(-c3cccc(Br)c3)c(CC(=O)O)c2c1. The van der Waals surface area contributed by atoms with Crippen molar-refractivity contribution in [2.75, 3.05) is 0 Å². The van der Waals surface area contributed by atoms with Gasteiger partial charge in [-0.15, -0.1) is 0 Å². The molecule has 21 heavy (non-hydrogen) atoms. The summed E-state index contributed by atoms with van der Waals surface area (Å²) in [6.07, 6.45) is 0.00526. The lowest BCUT2D eigenvalue weighted by Gasteiger charge is -2.04. The maximum atomic E-state index is 11.2. The second-order valence-corrected chi connectivity index (χ2v) is 6.02. The van der Waals surface area contributed by atoms with Crippen LogP contribution < -0.4 is 0 Å². The molecule has 0 fully saturated rings. The molecule has 2 N–H and O–H groups in total. The van der Waals surface area contributed by atoms with Crippen LogP contribution in [0.25, 0.3) is 22.2 Å². The molecule has 3 aromatic rings. The van der Waals surface area contributed by atoms with E-state index < -0.39 is 5.97 Å². The van der Waals surface area contributed by atoms with Crippen LogP contribution in [0.15, 0.2) is 46.9 Å². The van der Waals surface area contributed by atoms with Gasteiger partial charge in [0.15, 0.2) is 0 Å². The van der Waals surface area contributed by atoms with Crippen LogP contribution in [-0.4, -0.2) is 16.1 Å². The topological polar surface area (TPSA) is 53.1 Å². The van der Waals surface area contributed by atoms with E-state index in [1.54, 1.807) is 0 Å². The Morgan fingerprint density at radius 2 is 2.05 bits per heavy atom. The van der Waals surface area contributed by atoms with Gasteiger partial charge in [0.25, 0.3) is 0 Å². The Bertz CT molecular complexity index is 836. The highest BCUT2D eigenvalue weighted by Crippen LogP contribution is 2.32. The zero-order chi connectivity index (χ0) is 15.0. The molecule has 0 atom stereocenters. The van der Waals surface area contributed by atoms with Crippen molar-refractivity contribution in [3.8, 4) is 11.3 Å². The molecule has 2 aromatic carbocycles. The fourth-order valence-corrected chi connectivity index (χ4v) is 2.99. The van der Waals surface area contributed by atoms with E-state index in [4.69, 9.17) is 0 Å². The molecule has 3 rings (SSSR count). The number of nitrogens with one attached hydrogen (secondary N) is 1. The predicted molar refractivity (Wildman–Crippen MR) is 87.5 cm³/mol. The van der Waals surface area contributed by atoms with E-state index in [1.165, 1.54) is 0 Å². The summed E-state index contributed by atoms with van der Waals surface area (Å²) >= 11 is 3.46. The van der Waals surface area contributed by atoms with E-state index in [0.717, 1.165) is 37.8 Å². The van der Waals surface area contributed by atoms with Gasteiger partial charge in [0, 0.05) is 15.4 Å². The Hall–Kier alpha value is -2.07. The van der Waals surface area contributed by atoms with Crippen LogP contribution in [0.3, 0.4) is 0 Å². The Kier molecular flexibility index (Phi) is 3.55. The molecule has 0 saturated carbocycles. The minimum absolute atomic E-state index is 0.00526. The largest absolute Gasteiger partial charge is 0.481 e. The molecule has 0 aliphatic heterocycles. The number of H-pyrrole nitrogens is 1. The molecule has 0 spiro atoms. The minimum atomic E-state index is -0.825. The summed E-state index contributed by atoms with van der Waals surface area (Å²) in [6.45, 7) is 2.01. The van der Waals surface area contributed by atoms with Crippen molar-refractivity contribution in [1.29, 1.82) is 0 Å². The number of carboxylic acid groups (broad SMARTS) is 1. The molecular weight excluding hydrogens is 330 g/mol. The third kappa shape index (κ3) is 2.72. The number of hydrogen-bond acceptors (Lipinski definition) is 1. The molecule has 0 radical (unpaired) electrons. The summed E-state index contributed by atoms with van der Waals surface area (Å²) in [5.74, 6) is -0.825. The molecule has 0 unspecified atom stereocenters. The number of benzene rings is 2. The third-order valence-electron chi connectivity index (χ3n) is 3.50. The number of carbonyl (C=O) groups is 1. The summed E-state index contributed by atoms with van der Waals surface area (Å²) in [4.78, 5) is 14.6. The highest BCUT2D eigenvalue weighted by molar-refractivity contribution is 9.10. The number of halogens is 1. The Morgan fingerprint density at radius 1 is 1.24 bits per heavy atom. The van der Waals surface area contributed by atoms with Gasteiger partial charge in [0.05, 0.1) is 12.1 Å². The minimum Gasteiger partial charge on any atom is -0.481 e. The quantitative estimate of drug-likeness (QED) is 0.733. The highest BCUT2D eigenvalue weighted by atomic mass is 79.9. The van der Waals surface area contributed by atoms with E-state index in [1.807, 2.05) is 49.4 Å². The van der Waals surface area contributed by atoms with Crippen LogP contribution in [0.2, 0.25) is 0 Å². The fourth-order valence-electron chi connectivity index (χ4n) is 2.59. The lowest BCUT2D eigenvalue weighted by atomic mass is 10.0. The van der Waals surface area contributed by atoms with Gasteiger partial charge in [-0.25, -0.2) is 0 Å². The van der Waals surface area contributed by atoms with E-state index in [9.17, 15) is 9.90 Å². The van der Waals surface area contributed by atoms with Gasteiger partial charge >= 0.3 is 5.97 Å². The van der Waals surface area contributed by atoms with Gasteiger partial charge in [0.2, 0.25) is 0 Å². The van der Waals surface area contributed by atoms with Crippen LogP contribution in [0.1, 0.15) is 11.1 Å². The summed E-state index contributed by atoms with van der Waals surface area (Å²) in [5.41, 5.74) is 4.77. The van der Waals surface area contributed by atoms with E-state index in [-0.39, 0.29) is 6.42 Å². The lowest BCUT2D eigenvalue weighted by molar-refractivity contribution is -0.136. The molecule has 0 saturated heterocycles. The smallest absolute Gasteiger partial charge is 0.307 e. The van der Waals surface area contributed by atoms with Crippen molar-refractivity contribution in [3.05, 3.63) is 58.1 Å². The molecule has 1 aromatic heterocycles. The zero-order valence-corrected chi connectivity index (χ0v) is 13.1. The van der Waals surface area contributed by atoms with Crippen LogP contribution >= 0.6 is 15.9 Å². The van der Waals surface area contributed by atoms with Gasteiger partial charge in [0.1, 0.15) is 0 Å².